The lowest BCUT2D eigenvalue weighted by atomic mass is 10.3. The third-order valence-corrected chi connectivity index (χ3v) is 2.68. The Morgan fingerprint density at radius 3 is 2.79 bits per heavy atom. The number of amides is 1. The SMILES string of the molecule is COCCNC(=O)COC(=O)c1cnc(Cl)c(Cl)c1. The van der Waals surface area contributed by atoms with E-state index in [9.17, 15) is 9.59 Å². The molecular formula is C11H12Cl2N2O4. The van der Waals surface area contributed by atoms with Crippen molar-refractivity contribution in [3.05, 3.63) is 28.0 Å². The number of halogens is 2. The summed E-state index contributed by atoms with van der Waals surface area (Å²) in [5.74, 6) is -1.12. The highest BCUT2D eigenvalue weighted by molar-refractivity contribution is 6.41. The molecule has 0 aromatic carbocycles. The van der Waals surface area contributed by atoms with Gasteiger partial charge >= 0.3 is 5.97 Å². The Hall–Kier alpha value is -1.37. The number of nitrogens with one attached hydrogen (secondary N) is 1. The van der Waals surface area contributed by atoms with E-state index in [0.29, 0.717) is 13.2 Å². The minimum Gasteiger partial charge on any atom is -0.452 e. The van der Waals surface area contributed by atoms with E-state index in [2.05, 4.69) is 10.3 Å². The lowest BCUT2D eigenvalue weighted by Gasteiger charge is -2.06. The molecule has 1 rings (SSSR count). The molecule has 6 nitrogen and oxygen atoms in total. The first-order chi connectivity index (χ1) is 9.04. The number of carbonyl (C=O) groups is 2. The summed E-state index contributed by atoms with van der Waals surface area (Å²) in [6, 6.07) is 1.32. The normalized spacial score (nSPS) is 10.1. The van der Waals surface area contributed by atoms with E-state index in [1.807, 2.05) is 0 Å². The zero-order valence-corrected chi connectivity index (χ0v) is 11.6. The maximum Gasteiger partial charge on any atom is 0.340 e. The quantitative estimate of drug-likeness (QED) is 0.487. The summed E-state index contributed by atoms with van der Waals surface area (Å²) in [7, 11) is 1.52. The standard InChI is InChI=1S/C11H12Cl2N2O4/c1-18-3-2-14-9(16)6-19-11(17)7-4-8(12)10(13)15-5-7/h4-5H,2-3,6H2,1H3,(H,14,16). The Balaban J connectivity index is 2.42. The second-order valence-corrected chi connectivity index (χ2v) is 4.18. The number of nitrogens with zero attached hydrogens (tertiary/aromatic N) is 1. The van der Waals surface area contributed by atoms with Crippen molar-refractivity contribution in [1.82, 2.24) is 10.3 Å². The molecule has 0 spiro atoms. The van der Waals surface area contributed by atoms with E-state index in [1.54, 1.807) is 0 Å². The van der Waals surface area contributed by atoms with Crippen LogP contribution in [0, 0.1) is 0 Å². The molecule has 0 unspecified atom stereocenters. The first kappa shape index (κ1) is 15.7. The molecule has 0 bridgehead atoms. The first-order valence-corrected chi connectivity index (χ1v) is 6.04. The van der Waals surface area contributed by atoms with E-state index in [0.717, 1.165) is 0 Å². The lowest BCUT2D eigenvalue weighted by molar-refractivity contribution is -0.124. The van der Waals surface area contributed by atoms with Gasteiger partial charge in [-0.2, -0.15) is 0 Å². The number of hydrogen-bond acceptors (Lipinski definition) is 5. The third-order valence-electron chi connectivity index (χ3n) is 1.99. The molecular weight excluding hydrogens is 295 g/mol. The summed E-state index contributed by atoms with van der Waals surface area (Å²) in [6.07, 6.45) is 1.22. The van der Waals surface area contributed by atoms with Crippen LogP contribution >= 0.6 is 23.2 Å². The van der Waals surface area contributed by atoms with Crippen LogP contribution in [0.1, 0.15) is 10.4 Å². The van der Waals surface area contributed by atoms with Gasteiger partial charge in [0.15, 0.2) is 6.61 Å². The monoisotopic (exact) mass is 306 g/mol. The summed E-state index contributed by atoms with van der Waals surface area (Å²) in [6.45, 7) is 0.348. The highest BCUT2D eigenvalue weighted by Gasteiger charge is 2.12. The molecule has 0 fully saturated rings. The molecule has 1 heterocycles. The largest absolute Gasteiger partial charge is 0.452 e. The van der Waals surface area contributed by atoms with E-state index < -0.39 is 11.9 Å². The van der Waals surface area contributed by atoms with E-state index >= 15 is 0 Å². The van der Waals surface area contributed by atoms with Crippen molar-refractivity contribution >= 4 is 35.1 Å². The molecule has 0 atom stereocenters. The van der Waals surface area contributed by atoms with Gasteiger partial charge in [0.05, 0.1) is 17.2 Å². The van der Waals surface area contributed by atoms with Gasteiger partial charge in [-0.3, -0.25) is 4.79 Å². The highest BCUT2D eigenvalue weighted by Crippen LogP contribution is 2.19. The fourth-order valence-electron chi connectivity index (χ4n) is 1.09. The van der Waals surface area contributed by atoms with Gasteiger partial charge in [0.1, 0.15) is 5.15 Å². The Labute approximate surface area is 120 Å². The number of esters is 1. The fourth-order valence-corrected chi connectivity index (χ4v) is 1.36. The van der Waals surface area contributed by atoms with Crippen LogP contribution < -0.4 is 5.32 Å². The van der Waals surface area contributed by atoms with Crippen LogP contribution in [-0.4, -0.2) is 43.7 Å². The van der Waals surface area contributed by atoms with Crippen molar-refractivity contribution in [2.75, 3.05) is 26.9 Å². The predicted octanol–water partition coefficient (Wildman–Crippen LogP) is 1.31. The Bertz CT molecular complexity index is 468. The van der Waals surface area contributed by atoms with Gasteiger partial charge in [-0.1, -0.05) is 23.2 Å². The van der Waals surface area contributed by atoms with E-state index in [-0.39, 0.29) is 22.3 Å². The predicted molar refractivity (Wildman–Crippen MR) is 69.4 cm³/mol. The van der Waals surface area contributed by atoms with Crippen LogP contribution in [0.2, 0.25) is 10.2 Å². The minimum atomic E-state index is -0.701. The van der Waals surface area contributed by atoms with Gasteiger partial charge in [0.25, 0.3) is 5.91 Å². The molecule has 0 saturated carbocycles. The van der Waals surface area contributed by atoms with Crippen LogP contribution in [-0.2, 0) is 14.3 Å². The van der Waals surface area contributed by atoms with Crippen molar-refractivity contribution < 1.29 is 19.1 Å². The van der Waals surface area contributed by atoms with Crippen LogP contribution in [0.3, 0.4) is 0 Å². The molecule has 0 radical (unpaired) electrons. The fraction of sp³-hybridized carbons (Fsp3) is 0.364. The molecule has 0 aliphatic carbocycles. The van der Waals surface area contributed by atoms with Crippen molar-refractivity contribution in [2.45, 2.75) is 0 Å². The summed E-state index contributed by atoms with van der Waals surface area (Å²) in [5, 5.41) is 2.74. The summed E-state index contributed by atoms with van der Waals surface area (Å²) < 4.78 is 9.54. The lowest BCUT2D eigenvalue weighted by Crippen LogP contribution is -2.31. The van der Waals surface area contributed by atoms with Gasteiger partial charge in [-0.25, -0.2) is 9.78 Å². The maximum atomic E-state index is 11.6. The van der Waals surface area contributed by atoms with Gasteiger partial charge in [0, 0.05) is 19.9 Å². The molecule has 1 aromatic heterocycles. The van der Waals surface area contributed by atoms with Crippen LogP contribution in [0.25, 0.3) is 0 Å². The molecule has 0 aliphatic heterocycles. The number of hydrogen-bond donors (Lipinski definition) is 1. The molecule has 19 heavy (non-hydrogen) atoms. The molecule has 1 N–H and O–H groups in total. The van der Waals surface area contributed by atoms with Gasteiger partial charge in [-0.15, -0.1) is 0 Å². The zero-order chi connectivity index (χ0) is 14.3. The third kappa shape index (κ3) is 5.42. The zero-order valence-electron chi connectivity index (χ0n) is 10.1. The number of pyridine rings is 1. The molecule has 1 amide bonds. The molecule has 104 valence electrons. The van der Waals surface area contributed by atoms with Crippen molar-refractivity contribution in [2.24, 2.45) is 0 Å². The van der Waals surface area contributed by atoms with Gasteiger partial charge in [0.2, 0.25) is 0 Å². The number of ether oxygens (including phenoxy) is 2. The van der Waals surface area contributed by atoms with Crippen molar-refractivity contribution in [3.63, 3.8) is 0 Å². The molecule has 1 aromatic rings. The summed E-state index contributed by atoms with van der Waals surface area (Å²) >= 11 is 11.3. The first-order valence-electron chi connectivity index (χ1n) is 5.28. The topological polar surface area (TPSA) is 77.5 Å². The van der Waals surface area contributed by atoms with Gasteiger partial charge < -0.3 is 14.8 Å². The minimum absolute atomic E-state index is 0.0931. The Morgan fingerprint density at radius 1 is 1.42 bits per heavy atom. The van der Waals surface area contributed by atoms with Gasteiger partial charge in [-0.05, 0) is 6.07 Å². The second-order valence-electron chi connectivity index (χ2n) is 3.42. The van der Waals surface area contributed by atoms with Crippen molar-refractivity contribution in [1.29, 1.82) is 0 Å². The number of carbonyl (C=O) groups excluding carboxylic acids is 2. The number of aromatic nitrogens is 1. The average molecular weight is 307 g/mol. The van der Waals surface area contributed by atoms with Crippen LogP contribution in [0.15, 0.2) is 12.3 Å². The highest BCUT2D eigenvalue weighted by atomic mass is 35.5. The van der Waals surface area contributed by atoms with Crippen LogP contribution in [0.5, 0.6) is 0 Å². The second kappa shape index (κ2) is 7.93. The number of rotatable bonds is 6. The summed E-state index contributed by atoms with van der Waals surface area (Å²) in [4.78, 5) is 26.5. The Kier molecular flexibility index (Phi) is 6.55. The van der Waals surface area contributed by atoms with Crippen molar-refractivity contribution in [3.8, 4) is 0 Å². The van der Waals surface area contributed by atoms with E-state index in [4.69, 9.17) is 32.7 Å². The smallest absolute Gasteiger partial charge is 0.340 e. The Morgan fingerprint density at radius 2 is 2.16 bits per heavy atom. The molecule has 0 aliphatic rings. The number of methoxy groups -OCH3 is 1. The van der Waals surface area contributed by atoms with Crippen LogP contribution in [0.4, 0.5) is 0 Å². The molecule has 8 heteroatoms. The maximum absolute atomic E-state index is 11.6. The summed E-state index contributed by atoms with van der Waals surface area (Å²) in [5.41, 5.74) is 0.124. The van der Waals surface area contributed by atoms with E-state index in [1.165, 1.54) is 19.4 Å². The average Bonchev–Trinajstić information content (AvgIpc) is 2.39. The molecule has 0 saturated heterocycles.